The van der Waals surface area contributed by atoms with Gasteiger partial charge in [-0.3, -0.25) is 0 Å². The van der Waals surface area contributed by atoms with Crippen molar-refractivity contribution in [3.05, 3.63) is 23.9 Å². The second-order valence-corrected chi connectivity index (χ2v) is 6.71. The number of nitrogens with one attached hydrogen (secondary N) is 1. The molecule has 2 rings (SSSR count). The number of thioether (sulfide) groups is 1. The minimum Gasteiger partial charge on any atom is -0.379 e. The first-order chi connectivity index (χ1) is 8.03. The van der Waals surface area contributed by atoms with Crippen molar-refractivity contribution in [1.82, 2.24) is 10.3 Å². The summed E-state index contributed by atoms with van der Waals surface area (Å²) < 4.78 is 5.15. The molecule has 94 valence electrons. The van der Waals surface area contributed by atoms with Crippen LogP contribution in [0.2, 0.25) is 0 Å². The standard InChI is InChI=1S/C13H20N2OS/c1-13(2,3)15-7-10-4-5-12(14-6-10)17-11-8-16-9-11/h4-6,11,15H,7-9H2,1-3H3. The SMILES string of the molecule is CC(C)(C)NCc1ccc(SC2COC2)nc1. The second kappa shape index (κ2) is 5.38. The smallest absolute Gasteiger partial charge is 0.0964 e. The molecule has 1 aliphatic rings. The highest BCUT2D eigenvalue weighted by Gasteiger charge is 2.19. The summed E-state index contributed by atoms with van der Waals surface area (Å²) in [5.41, 5.74) is 1.38. The van der Waals surface area contributed by atoms with Crippen LogP contribution in [0.5, 0.6) is 0 Å². The first-order valence-corrected chi connectivity index (χ1v) is 6.85. The van der Waals surface area contributed by atoms with Crippen LogP contribution in [-0.2, 0) is 11.3 Å². The first-order valence-electron chi connectivity index (χ1n) is 5.97. The Kier molecular flexibility index (Phi) is 4.07. The van der Waals surface area contributed by atoms with Gasteiger partial charge in [0.1, 0.15) is 0 Å². The van der Waals surface area contributed by atoms with Gasteiger partial charge in [-0.15, -0.1) is 0 Å². The average Bonchev–Trinajstić information content (AvgIpc) is 2.21. The maximum absolute atomic E-state index is 5.15. The number of hydrogen-bond acceptors (Lipinski definition) is 4. The van der Waals surface area contributed by atoms with Crippen molar-refractivity contribution in [2.75, 3.05) is 13.2 Å². The zero-order valence-corrected chi connectivity index (χ0v) is 11.5. The van der Waals surface area contributed by atoms with Crippen LogP contribution >= 0.6 is 11.8 Å². The van der Waals surface area contributed by atoms with Crippen LogP contribution in [0.25, 0.3) is 0 Å². The Balaban J connectivity index is 1.84. The van der Waals surface area contributed by atoms with E-state index in [-0.39, 0.29) is 5.54 Å². The van der Waals surface area contributed by atoms with Crippen LogP contribution in [0, 0.1) is 0 Å². The van der Waals surface area contributed by atoms with Gasteiger partial charge >= 0.3 is 0 Å². The van der Waals surface area contributed by atoms with Gasteiger partial charge in [0.25, 0.3) is 0 Å². The van der Waals surface area contributed by atoms with Crippen molar-refractivity contribution in [2.24, 2.45) is 0 Å². The number of nitrogens with zero attached hydrogens (tertiary/aromatic N) is 1. The summed E-state index contributed by atoms with van der Waals surface area (Å²) >= 11 is 1.81. The zero-order chi connectivity index (χ0) is 12.3. The molecule has 3 nitrogen and oxygen atoms in total. The Morgan fingerprint density at radius 2 is 2.18 bits per heavy atom. The van der Waals surface area contributed by atoms with E-state index in [4.69, 9.17) is 4.74 Å². The predicted molar refractivity (Wildman–Crippen MR) is 71.3 cm³/mol. The maximum Gasteiger partial charge on any atom is 0.0964 e. The molecule has 0 aliphatic carbocycles. The van der Waals surface area contributed by atoms with Crippen LogP contribution in [0.3, 0.4) is 0 Å². The molecule has 0 unspecified atom stereocenters. The number of rotatable bonds is 4. The Hall–Kier alpha value is -0.580. The van der Waals surface area contributed by atoms with Gasteiger partial charge in [-0.1, -0.05) is 17.8 Å². The largest absolute Gasteiger partial charge is 0.379 e. The molecule has 1 aromatic heterocycles. The van der Waals surface area contributed by atoms with Crippen molar-refractivity contribution in [2.45, 2.75) is 43.1 Å². The molecular weight excluding hydrogens is 232 g/mol. The molecule has 1 N–H and O–H groups in total. The second-order valence-electron chi connectivity index (χ2n) is 5.39. The molecule has 2 heterocycles. The lowest BCUT2D eigenvalue weighted by atomic mass is 10.1. The van der Waals surface area contributed by atoms with Gasteiger partial charge in [0, 0.05) is 18.3 Å². The quantitative estimate of drug-likeness (QED) is 0.892. The summed E-state index contributed by atoms with van der Waals surface area (Å²) in [5, 5.41) is 5.15. The Morgan fingerprint density at radius 1 is 1.41 bits per heavy atom. The molecule has 0 atom stereocenters. The molecule has 0 spiro atoms. The Morgan fingerprint density at radius 3 is 2.65 bits per heavy atom. The lowest BCUT2D eigenvalue weighted by Crippen LogP contribution is -2.35. The third kappa shape index (κ3) is 4.30. The van der Waals surface area contributed by atoms with E-state index in [2.05, 4.69) is 43.2 Å². The highest BCUT2D eigenvalue weighted by atomic mass is 32.2. The zero-order valence-electron chi connectivity index (χ0n) is 10.7. The summed E-state index contributed by atoms with van der Waals surface area (Å²) in [5.74, 6) is 0. The number of ether oxygens (including phenoxy) is 1. The van der Waals surface area contributed by atoms with Crippen LogP contribution in [0.4, 0.5) is 0 Å². The lowest BCUT2D eigenvalue weighted by molar-refractivity contribution is 0.0454. The molecule has 1 fully saturated rings. The van der Waals surface area contributed by atoms with E-state index in [1.54, 1.807) is 11.8 Å². The van der Waals surface area contributed by atoms with Crippen molar-refractivity contribution in [3.63, 3.8) is 0 Å². The van der Waals surface area contributed by atoms with Crippen molar-refractivity contribution in [1.29, 1.82) is 0 Å². The van der Waals surface area contributed by atoms with Gasteiger partial charge in [0.2, 0.25) is 0 Å². The third-order valence-corrected chi connectivity index (χ3v) is 3.60. The molecule has 1 aliphatic heterocycles. The fraction of sp³-hybridized carbons (Fsp3) is 0.615. The highest BCUT2D eigenvalue weighted by Crippen LogP contribution is 2.26. The first kappa shape index (κ1) is 12.9. The minimum atomic E-state index is 0.149. The summed E-state index contributed by atoms with van der Waals surface area (Å²) in [6.45, 7) is 9.09. The molecule has 0 radical (unpaired) electrons. The molecule has 1 aromatic rings. The van der Waals surface area contributed by atoms with E-state index in [0.717, 1.165) is 24.8 Å². The Labute approximate surface area is 107 Å². The number of hydrogen-bond donors (Lipinski definition) is 1. The lowest BCUT2D eigenvalue weighted by Gasteiger charge is -2.24. The third-order valence-electron chi connectivity index (χ3n) is 2.52. The fourth-order valence-corrected chi connectivity index (χ4v) is 2.34. The average molecular weight is 252 g/mol. The highest BCUT2D eigenvalue weighted by molar-refractivity contribution is 8.00. The molecular formula is C13H20N2OS. The van der Waals surface area contributed by atoms with Crippen molar-refractivity contribution in [3.8, 4) is 0 Å². The van der Waals surface area contributed by atoms with E-state index >= 15 is 0 Å². The topological polar surface area (TPSA) is 34.1 Å². The van der Waals surface area contributed by atoms with Crippen LogP contribution < -0.4 is 5.32 Å². The van der Waals surface area contributed by atoms with E-state index < -0.39 is 0 Å². The molecule has 0 bridgehead atoms. The number of aromatic nitrogens is 1. The van der Waals surface area contributed by atoms with Gasteiger partial charge in [-0.05, 0) is 32.4 Å². The van der Waals surface area contributed by atoms with E-state index in [0.29, 0.717) is 5.25 Å². The molecule has 0 amide bonds. The fourth-order valence-electron chi connectivity index (χ4n) is 1.41. The summed E-state index contributed by atoms with van der Waals surface area (Å²) in [7, 11) is 0. The summed E-state index contributed by atoms with van der Waals surface area (Å²) in [6, 6.07) is 4.25. The summed E-state index contributed by atoms with van der Waals surface area (Å²) in [4.78, 5) is 4.47. The van der Waals surface area contributed by atoms with Gasteiger partial charge in [0.05, 0.1) is 23.5 Å². The monoisotopic (exact) mass is 252 g/mol. The van der Waals surface area contributed by atoms with E-state index in [9.17, 15) is 0 Å². The molecule has 0 saturated carbocycles. The molecule has 17 heavy (non-hydrogen) atoms. The van der Waals surface area contributed by atoms with Gasteiger partial charge in [0.15, 0.2) is 0 Å². The normalized spacial score (nSPS) is 16.9. The number of pyridine rings is 1. The van der Waals surface area contributed by atoms with E-state index in [1.165, 1.54) is 5.56 Å². The van der Waals surface area contributed by atoms with Gasteiger partial charge in [-0.25, -0.2) is 4.98 Å². The van der Waals surface area contributed by atoms with Crippen LogP contribution in [-0.4, -0.2) is 29.0 Å². The maximum atomic E-state index is 5.15. The minimum absolute atomic E-state index is 0.149. The van der Waals surface area contributed by atoms with Gasteiger partial charge in [-0.2, -0.15) is 0 Å². The predicted octanol–water partition coefficient (Wildman–Crippen LogP) is 2.46. The molecule has 4 heteroatoms. The van der Waals surface area contributed by atoms with Crippen LogP contribution in [0.15, 0.2) is 23.4 Å². The molecule has 0 aromatic carbocycles. The van der Waals surface area contributed by atoms with Crippen LogP contribution in [0.1, 0.15) is 26.3 Å². The summed E-state index contributed by atoms with van der Waals surface area (Å²) in [6.07, 6.45) is 1.96. The van der Waals surface area contributed by atoms with Crippen molar-refractivity contribution >= 4 is 11.8 Å². The van der Waals surface area contributed by atoms with E-state index in [1.807, 2.05) is 6.20 Å². The molecule has 1 saturated heterocycles. The Bertz CT molecular complexity index is 355. The van der Waals surface area contributed by atoms with Gasteiger partial charge < -0.3 is 10.1 Å². The van der Waals surface area contributed by atoms with Crippen molar-refractivity contribution < 1.29 is 4.74 Å².